The van der Waals surface area contributed by atoms with Crippen molar-refractivity contribution in [3.63, 3.8) is 0 Å². The molecule has 3 aromatic carbocycles. The van der Waals surface area contributed by atoms with Gasteiger partial charge in [0, 0.05) is 28.0 Å². The Morgan fingerprint density at radius 1 is 1.05 bits per heavy atom. The number of carbonyl (C=O) groups is 1. The summed E-state index contributed by atoms with van der Waals surface area (Å²) in [6, 6.07) is 19.4. The molecule has 3 aromatic rings. The van der Waals surface area contributed by atoms with Gasteiger partial charge in [-0.25, -0.2) is 17.5 Å². The second-order valence-corrected chi connectivity index (χ2v) is 11.8. The predicted molar refractivity (Wildman–Crippen MR) is 155 cm³/mol. The molecular weight excluding hydrogens is 580 g/mol. The SMILES string of the molecule is CCOC(=O)/C=C1\[C@@H]2C=Cc3cc(OC)ccc3N2C(c2ccc(Br)cc2)=CN1S(=O)(=O)c1ccc(C)cc1. The number of nitrogens with zero attached hydrogens (tertiary/aromatic N) is 2. The summed E-state index contributed by atoms with van der Waals surface area (Å²) >= 11 is 3.49. The number of benzene rings is 3. The number of esters is 1. The highest BCUT2D eigenvalue weighted by atomic mass is 79.9. The van der Waals surface area contributed by atoms with Gasteiger partial charge in [0.15, 0.2) is 0 Å². The third-order valence-electron chi connectivity index (χ3n) is 6.56. The molecule has 0 saturated carbocycles. The highest BCUT2D eigenvalue weighted by Gasteiger charge is 2.40. The first-order chi connectivity index (χ1) is 18.7. The molecule has 0 fully saturated rings. The lowest BCUT2D eigenvalue weighted by molar-refractivity contribution is -0.137. The van der Waals surface area contributed by atoms with Gasteiger partial charge < -0.3 is 14.4 Å². The van der Waals surface area contributed by atoms with E-state index in [0.29, 0.717) is 11.4 Å². The van der Waals surface area contributed by atoms with E-state index >= 15 is 0 Å². The van der Waals surface area contributed by atoms with Gasteiger partial charge in [0.05, 0.1) is 36.0 Å². The Labute approximate surface area is 236 Å². The Bertz CT molecular complexity index is 1610. The summed E-state index contributed by atoms with van der Waals surface area (Å²) in [6.45, 7) is 3.77. The van der Waals surface area contributed by atoms with Crippen molar-refractivity contribution in [2.45, 2.75) is 24.8 Å². The zero-order chi connectivity index (χ0) is 27.7. The number of ether oxygens (including phenoxy) is 2. The van der Waals surface area contributed by atoms with Crippen LogP contribution in [0.25, 0.3) is 11.8 Å². The van der Waals surface area contributed by atoms with Crippen LogP contribution in [0.2, 0.25) is 0 Å². The van der Waals surface area contributed by atoms with E-state index in [9.17, 15) is 13.2 Å². The van der Waals surface area contributed by atoms with Crippen LogP contribution in [0.15, 0.2) is 100 Å². The lowest BCUT2D eigenvalue weighted by Crippen LogP contribution is -2.47. The molecule has 7 nitrogen and oxygen atoms in total. The monoisotopic (exact) mass is 606 g/mol. The maximum atomic E-state index is 14.1. The Morgan fingerprint density at radius 3 is 2.44 bits per heavy atom. The normalized spacial score (nSPS) is 17.4. The number of carbonyl (C=O) groups excluding carboxylic acids is 1. The number of anilines is 1. The number of fused-ring (bicyclic) bond motifs is 3. The number of hydrogen-bond acceptors (Lipinski definition) is 6. The molecular formula is C30H27BrN2O5S. The minimum Gasteiger partial charge on any atom is -0.497 e. The molecule has 0 saturated heterocycles. The Hall–Kier alpha value is -3.82. The largest absolute Gasteiger partial charge is 0.497 e. The molecule has 2 heterocycles. The van der Waals surface area contributed by atoms with Gasteiger partial charge in [0.25, 0.3) is 10.0 Å². The van der Waals surface area contributed by atoms with Crippen LogP contribution in [-0.2, 0) is 19.6 Å². The van der Waals surface area contributed by atoms with Crippen LogP contribution >= 0.6 is 15.9 Å². The zero-order valence-corrected chi connectivity index (χ0v) is 24.1. The molecule has 0 bridgehead atoms. The Balaban J connectivity index is 1.78. The van der Waals surface area contributed by atoms with Crippen molar-refractivity contribution >= 4 is 49.4 Å². The van der Waals surface area contributed by atoms with Crippen LogP contribution in [0.4, 0.5) is 5.69 Å². The number of rotatable bonds is 6. The van der Waals surface area contributed by atoms with Gasteiger partial charge in [-0.2, -0.15) is 0 Å². The number of aryl methyl sites for hydroxylation is 1. The van der Waals surface area contributed by atoms with Crippen molar-refractivity contribution in [3.05, 3.63) is 112 Å². The molecule has 0 aromatic heterocycles. The number of hydrogen-bond donors (Lipinski definition) is 0. The molecule has 0 unspecified atom stereocenters. The summed E-state index contributed by atoms with van der Waals surface area (Å²) in [4.78, 5) is 14.9. The molecule has 200 valence electrons. The van der Waals surface area contributed by atoms with Gasteiger partial charge in [-0.05, 0) is 61.9 Å². The van der Waals surface area contributed by atoms with Crippen LogP contribution < -0.4 is 9.64 Å². The summed E-state index contributed by atoms with van der Waals surface area (Å²) < 4.78 is 40.9. The van der Waals surface area contributed by atoms with E-state index in [2.05, 4.69) is 15.9 Å². The van der Waals surface area contributed by atoms with E-state index in [1.165, 1.54) is 10.4 Å². The molecule has 0 N–H and O–H groups in total. The first kappa shape index (κ1) is 26.8. The third-order valence-corrected chi connectivity index (χ3v) is 8.79. The Morgan fingerprint density at radius 2 is 1.77 bits per heavy atom. The van der Waals surface area contributed by atoms with E-state index < -0.39 is 22.0 Å². The van der Waals surface area contributed by atoms with Crippen LogP contribution in [0.3, 0.4) is 0 Å². The summed E-state index contributed by atoms with van der Waals surface area (Å²) in [7, 11) is -2.47. The van der Waals surface area contributed by atoms with E-state index in [-0.39, 0.29) is 17.2 Å². The average molecular weight is 608 g/mol. The molecule has 0 aliphatic carbocycles. The van der Waals surface area contributed by atoms with E-state index in [1.54, 1.807) is 44.5 Å². The molecule has 2 aliphatic rings. The average Bonchev–Trinajstić information content (AvgIpc) is 2.93. The fraction of sp³-hybridized carbons (Fsp3) is 0.167. The fourth-order valence-electron chi connectivity index (χ4n) is 4.65. The van der Waals surface area contributed by atoms with Crippen molar-refractivity contribution in [2.75, 3.05) is 18.6 Å². The van der Waals surface area contributed by atoms with Crippen LogP contribution in [0.1, 0.15) is 23.6 Å². The molecule has 9 heteroatoms. The van der Waals surface area contributed by atoms with Crippen LogP contribution in [0.5, 0.6) is 5.75 Å². The number of halogens is 1. The minimum atomic E-state index is -4.09. The lowest BCUT2D eigenvalue weighted by Gasteiger charge is -2.45. The van der Waals surface area contributed by atoms with Crippen molar-refractivity contribution in [1.29, 1.82) is 0 Å². The van der Waals surface area contributed by atoms with E-state index in [1.807, 2.05) is 66.4 Å². The van der Waals surface area contributed by atoms with Gasteiger partial charge >= 0.3 is 5.97 Å². The molecule has 2 aliphatic heterocycles. The maximum Gasteiger partial charge on any atom is 0.332 e. The second kappa shape index (κ2) is 10.7. The van der Waals surface area contributed by atoms with Gasteiger partial charge in [-0.3, -0.25) is 0 Å². The van der Waals surface area contributed by atoms with Gasteiger partial charge in [-0.1, -0.05) is 57.9 Å². The van der Waals surface area contributed by atoms with Crippen molar-refractivity contribution in [3.8, 4) is 5.75 Å². The molecule has 39 heavy (non-hydrogen) atoms. The summed E-state index contributed by atoms with van der Waals surface area (Å²) in [5, 5.41) is 0. The topological polar surface area (TPSA) is 76.2 Å². The van der Waals surface area contributed by atoms with Crippen LogP contribution in [-0.4, -0.2) is 38.5 Å². The molecule has 0 amide bonds. The molecule has 1 atom stereocenters. The van der Waals surface area contributed by atoms with Gasteiger partial charge in [0.1, 0.15) is 5.75 Å². The standard InChI is InChI=1S/C30H27BrN2O5S/c1-4-38-30(34)18-28-27-15-9-22-17-24(37-3)12-16-26(22)33(27)29(21-7-10-23(31)11-8-21)19-32(28)39(35,36)25-13-5-20(2)6-14-25/h5-19,27H,4H2,1-3H3/b28-18+/t27-/m0/s1. The summed E-state index contributed by atoms with van der Waals surface area (Å²) in [5.41, 5.74) is 4.40. The fourth-order valence-corrected chi connectivity index (χ4v) is 6.30. The zero-order valence-electron chi connectivity index (χ0n) is 21.7. The molecule has 0 spiro atoms. The number of methoxy groups -OCH3 is 1. The van der Waals surface area contributed by atoms with Gasteiger partial charge in [0.2, 0.25) is 0 Å². The quantitative estimate of drug-likeness (QED) is 0.249. The van der Waals surface area contributed by atoms with Crippen molar-refractivity contribution in [2.24, 2.45) is 0 Å². The first-order valence-electron chi connectivity index (χ1n) is 12.4. The van der Waals surface area contributed by atoms with E-state index in [0.717, 1.165) is 26.9 Å². The smallest absolute Gasteiger partial charge is 0.332 e. The minimum absolute atomic E-state index is 0.118. The van der Waals surface area contributed by atoms with Crippen molar-refractivity contribution in [1.82, 2.24) is 4.31 Å². The second-order valence-electron chi connectivity index (χ2n) is 9.06. The van der Waals surface area contributed by atoms with Crippen molar-refractivity contribution < 1.29 is 22.7 Å². The molecule has 5 rings (SSSR count). The predicted octanol–water partition coefficient (Wildman–Crippen LogP) is 6.12. The van der Waals surface area contributed by atoms with Crippen LogP contribution in [0, 0.1) is 6.92 Å². The highest BCUT2D eigenvalue weighted by molar-refractivity contribution is 9.10. The first-order valence-corrected chi connectivity index (χ1v) is 14.6. The van der Waals surface area contributed by atoms with Gasteiger partial charge in [-0.15, -0.1) is 0 Å². The third kappa shape index (κ3) is 5.12. The highest BCUT2D eigenvalue weighted by Crippen LogP contribution is 2.44. The summed E-state index contributed by atoms with van der Waals surface area (Å²) in [6.07, 6.45) is 6.64. The number of sulfonamides is 1. The maximum absolute atomic E-state index is 14.1. The Kier molecular flexibility index (Phi) is 7.38. The van der Waals surface area contributed by atoms with E-state index in [4.69, 9.17) is 9.47 Å². The summed E-state index contributed by atoms with van der Waals surface area (Å²) in [5.74, 6) is 0.0832. The lowest BCUT2D eigenvalue weighted by atomic mass is 9.95. The molecule has 0 radical (unpaired) electrons.